The Morgan fingerprint density at radius 3 is 2.53 bits per heavy atom. The lowest BCUT2D eigenvalue weighted by Crippen LogP contribution is -2.36. The van der Waals surface area contributed by atoms with Gasteiger partial charge in [-0.3, -0.25) is 0 Å². The number of benzene rings is 2. The Morgan fingerprint density at radius 2 is 1.89 bits per heavy atom. The molecule has 2 aromatic carbocycles. The minimum atomic E-state index is -0.874. The van der Waals surface area contributed by atoms with Crippen molar-refractivity contribution in [2.75, 3.05) is 11.9 Å². The lowest BCUT2D eigenvalue weighted by molar-refractivity contribution is 0.223. The molecule has 0 aliphatic rings. The lowest BCUT2D eigenvalue weighted by atomic mass is 9.92. The molecular weight excluding hydrogens is 245 g/mol. The van der Waals surface area contributed by atoms with Gasteiger partial charge in [-0.1, -0.05) is 24.3 Å². The van der Waals surface area contributed by atoms with E-state index in [1.165, 1.54) is 6.07 Å². The van der Waals surface area contributed by atoms with Crippen molar-refractivity contribution in [2.45, 2.75) is 12.5 Å². The van der Waals surface area contributed by atoms with Crippen LogP contribution in [0.4, 0.5) is 10.1 Å². The number of para-hydroxylation sites is 1. The van der Waals surface area contributed by atoms with Gasteiger partial charge in [-0.25, -0.2) is 4.39 Å². The number of halogens is 1. The van der Waals surface area contributed by atoms with Crippen LogP contribution in [0.5, 0.6) is 5.75 Å². The van der Waals surface area contributed by atoms with E-state index in [0.717, 1.165) is 0 Å². The maximum atomic E-state index is 13.7. The van der Waals surface area contributed by atoms with Crippen molar-refractivity contribution in [3.8, 4) is 5.75 Å². The molecule has 3 nitrogen and oxygen atoms in total. The molecule has 0 radical (unpaired) electrons. The minimum Gasteiger partial charge on any atom is -0.508 e. The molecule has 0 fully saturated rings. The Labute approximate surface area is 111 Å². The third kappa shape index (κ3) is 2.85. The molecule has 2 aromatic rings. The van der Waals surface area contributed by atoms with Gasteiger partial charge in [0, 0.05) is 0 Å². The van der Waals surface area contributed by atoms with Gasteiger partial charge >= 0.3 is 0 Å². The number of aliphatic hydroxyl groups is 1. The van der Waals surface area contributed by atoms with Gasteiger partial charge < -0.3 is 15.5 Å². The lowest BCUT2D eigenvalue weighted by Gasteiger charge is -2.30. The highest BCUT2D eigenvalue weighted by Crippen LogP contribution is 2.29. The molecule has 0 aliphatic heterocycles. The van der Waals surface area contributed by atoms with Gasteiger partial charge in [0.2, 0.25) is 0 Å². The van der Waals surface area contributed by atoms with Gasteiger partial charge in [-0.2, -0.15) is 0 Å². The number of anilines is 1. The molecule has 19 heavy (non-hydrogen) atoms. The second-order valence-electron chi connectivity index (χ2n) is 4.65. The summed E-state index contributed by atoms with van der Waals surface area (Å²) in [6.45, 7) is 1.51. The number of hydrogen-bond donors (Lipinski definition) is 3. The molecule has 0 aromatic heterocycles. The Hall–Kier alpha value is -2.07. The number of rotatable bonds is 4. The van der Waals surface area contributed by atoms with Crippen molar-refractivity contribution in [3.05, 3.63) is 59.9 Å². The van der Waals surface area contributed by atoms with E-state index in [4.69, 9.17) is 0 Å². The fraction of sp³-hybridized carbons (Fsp3) is 0.200. The standard InChI is InChI=1S/C15H16FNO2/c1-15(10-18,11-5-4-6-12(19)9-11)17-14-8-3-2-7-13(14)16/h2-9,17-19H,10H2,1H3. The van der Waals surface area contributed by atoms with Crippen LogP contribution in [0.15, 0.2) is 48.5 Å². The molecule has 2 rings (SSSR count). The van der Waals surface area contributed by atoms with Crippen molar-refractivity contribution in [2.24, 2.45) is 0 Å². The van der Waals surface area contributed by atoms with Crippen molar-refractivity contribution >= 4 is 5.69 Å². The van der Waals surface area contributed by atoms with E-state index in [1.54, 1.807) is 49.4 Å². The van der Waals surface area contributed by atoms with E-state index in [9.17, 15) is 14.6 Å². The number of phenolic OH excluding ortho intramolecular Hbond substituents is 1. The van der Waals surface area contributed by atoms with Gasteiger partial charge in [0.15, 0.2) is 0 Å². The molecule has 100 valence electrons. The Morgan fingerprint density at radius 1 is 1.16 bits per heavy atom. The fourth-order valence-electron chi connectivity index (χ4n) is 1.91. The summed E-state index contributed by atoms with van der Waals surface area (Å²) in [5.41, 5.74) is 0.113. The highest BCUT2D eigenvalue weighted by atomic mass is 19.1. The topological polar surface area (TPSA) is 52.5 Å². The quantitative estimate of drug-likeness (QED) is 0.793. The third-order valence-corrected chi connectivity index (χ3v) is 3.08. The van der Waals surface area contributed by atoms with Crippen LogP contribution in [-0.4, -0.2) is 16.8 Å². The predicted octanol–water partition coefficient (Wildman–Crippen LogP) is 2.85. The SMILES string of the molecule is CC(CO)(Nc1ccccc1F)c1cccc(O)c1. The average molecular weight is 261 g/mol. The third-order valence-electron chi connectivity index (χ3n) is 3.08. The molecular formula is C15H16FNO2. The molecule has 1 atom stereocenters. The highest BCUT2D eigenvalue weighted by molar-refractivity contribution is 5.49. The van der Waals surface area contributed by atoms with E-state index in [-0.39, 0.29) is 18.2 Å². The maximum Gasteiger partial charge on any atom is 0.146 e. The normalized spacial score (nSPS) is 13.8. The first-order valence-electron chi connectivity index (χ1n) is 5.98. The van der Waals surface area contributed by atoms with Crippen molar-refractivity contribution in [1.29, 1.82) is 0 Å². The molecule has 4 heteroatoms. The first-order valence-corrected chi connectivity index (χ1v) is 5.98. The highest BCUT2D eigenvalue weighted by Gasteiger charge is 2.26. The molecule has 0 heterocycles. The van der Waals surface area contributed by atoms with Crippen LogP contribution in [0.1, 0.15) is 12.5 Å². The second-order valence-corrected chi connectivity index (χ2v) is 4.65. The smallest absolute Gasteiger partial charge is 0.146 e. The van der Waals surface area contributed by atoms with Gasteiger partial charge in [-0.05, 0) is 36.8 Å². The Balaban J connectivity index is 2.36. The molecule has 1 unspecified atom stereocenters. The van der Waals surface area contributed by atoms with Gasteiger partial charge in [0.05, 0.1) is 17.8 Å². The van der Waals surface area contributed by atoms with Crippen LogP contribution in [0.25, 0.3) is 0 Å². The van der Waals surface area contributed by atoms with E-state index >= 15 is 0 Å². The van der Waals surface area contributed by atoms with Crippen LogP contribution >= 0.6 is 0 Å². The van der Waals surface area contributed by atoms with Crippen molar-refractivity contribution in [3.63, 3.8) is 0 Å². The second kappa shape index (κ2) is 5.28. The summed E-state index contributed by atoms with van der Waals surface area (Å²) in [6.07, 6.45) is 0. The number of aliphatic hydroxyl groups excluding tert-OH is 1. The zero-order chi connectivity index (χ0) is 13.9. The van der Waals surface area contributed by atoms with Gasteiger partial charge in [0.1, 0.15) is 11.6 Å². The molecule has 0 bridgehead atoms. The van der Waals surface area contributed by atoms with Gasteiger partial charge in [-0.15, -0.1) is 0 Å². The van der Waals surface area contributed by atoms with Crippen molar-refractivity contribution < 1.29 is 14.6 Å². The largest absolute Gasteiger partial charge is 0.508 e. The zero-order valence-corrected chi connectivity index (χ0v) is 10.6. The van der Waals surface area contributed by atoms with E-state index < -0.39 is 5.54 Å². The summed E-state index contributed by atoms with van der Waals surface area (Å²) in [5, 5.41) is 22.1. The Bertz CT molecular complexity index is 574. The fourth-order valence-corrected chi connectivity index (χ4v) is 1.91. The number of aromatic hydroxyl groups is 1. The summed E-state index contributed by atoms with van der Waals surface area (Å²) < 4.78 is 13.7. The average Bonchev–Trinajstić information content (AvgIpc) is 2.41. The van der Waals surface area contributed by atoms with Crippen LogP contribution in [0.3, 0.4) is 0 Å². The van der Waals surface area contributed by atoms with E-state index in [1.807, 2.05) is 0 Å². The van der Waals surface area contributed by atoms with Crippen LogP contribution in [0.2, 0.25) is 0 Å². The van der Waals surface area contributed by atoms with E-state index in [0.29, 0.717) is 11.3 Å². The molecule has 0 saturated heterocycles. The summed E-state index contributed by atoms with van der Waals surface area (Å²) in [4.78, 5) is 0. The number of hydrogen-bond acceptors (Lipinski definition) is 3. The molecule has 0 aliphatic carbocycles. The predicted molar refractivity (Wildman–Crippen MR) is 72.6 cm³/mol. The minimum absolute atomic E-state index is 0.104. The summed E-state index contributed by atoms with van der Waals surface area (Å²) in [6, 6.07) is 12.8. The van der Waals surface area contributed by atoms with Gasteiger partial charge in [0.25, 0.3) is 0 Å². The molecule has 0 saturated carbocycles. The first kappa shape index (κ1) is 13.4. The Kier molecular flexibility index (Phi) is 3.71. The molecule has 3 N–H and O–H groups in total. The van der Waals surface area contributed by atoms with E-state index in [2.05, 4.69) is 5.32 Å². The van der Waals surface area contributed by atoms with Crippen molar-refractivity contribution in [1.82, 2.24) is 0 Å². The molecule has 0 spiro atoms. The monoisotopic (exact) mass is 261 g/mol. The summed E-state index contributed by atoms with van der Waals surface area (Å²) in [5.74, 6) is -0.283. The number of phenols is 1. The first-order chi connectivity index (χ1) is 9.05. The van der Waals surface area contributed by atoms with Crippen LogP contribution in [-0.2, 0) is 5.54 Å². The molecule has 0 amide bonds. The number of nitrogens with one attached hydrogen (secondary N) is 1. The summed E-state index contributed by atoms with van der Waals surface area (Å²) >= 11 is 0. The van der Waals surface area contributed by atoms with Crippen LogP contribution < -0.4 is 5.32 Å². The zero-order valence-electron chi connectivity index (χ0n) is 10.6. The maximum absolute atomic E-state index is 13.7. The van der Waals surface area contributed by atoms with Crippen LogP contribution in [0, 0.1) is 5.82 Å². The summed E-state index contributed by atoms with van der Waals surface area (Å²) in [7, 11) is 0.